The molecule has 4 N–H and O–H groups in total. The summed E-state index contributed by atoms with van der Waals surface area (Å²) in [6.07, 6.45) is 17.3. The highest BCUT2D eigenvalue weighted by molar-refractivity contribution is 8.13. The molecule has 0 saturated carbocycles. The van der Waals surface area contributed by atoms with Crippen molar-refractivity contribution in [2.45, 2.75) is 126 Å². The first-order valence-corrected chi connectivity index (χ1v) is 51.2. The first kappa shape index (κ1) is 105. The SMILES string of the molecule is CCOc1c(C)cnc(CSc2nc3ccccc3[nH]2)c1C.COCCCOc1ccnc(CSc2nc3ccccc3[nH]2)c1C.COc1ccc(SC)cc1.COc1ccc2c(c1)N=C(SC)C2.COc1ccc2nc(SCc3ncc(C)c(OC)c3C)[nH]c2c1.COc1ccnc(CSc2nc3ccc(OC(F)F)cc3[nH]2)c1OC.CSc1ccc(C)cc1.CSc1ccccc1. The summed E-state index contributed by atoms with van der Waals surface area (Å²) in [5, 5.41) is 4.51. The van der Waals surface area contributed by atoms with Gasteiger partial charge in [0, 0.05) is 141 Å². The van der Waals surface area contributed by atoms with Gasteiger partial charge in [0.1, 0.15) is 40.2 Å². The summed E-state index contributed by atoms with van der Waals surface area (Å²) in [4.78, 5) is 57.5. The molecular weight excluding hydrogens is 1850 g/mol. The number of ether oxygens (including phenoxy) is 10. The lowest BCUT2D eigenvalue weighted by Gasteiger charge is -2.13. The fourth-order valence-corrected chi connectivity index (χ4v) is 18.2. The van der Waals surface area contributed by atoms with Gasteiger partial charge < -0.3 is 67.3 Å². The molecule has 0 fully saturated rings. The molecule has 0 atom stereocenters. The molecule has 0 saturated heterocycles. The number of aryl methyl sites for hydroxylation is 3. The maximum absolute atomic E-state index is 12.3. The molecule has 0 unspecified atom stereocenters. The Morgan fingerprint density at radius 3 is 1.31 bits per heavy atom. The molecule has 0 aliphatic carbocycles. The van der Waals surface area contributed by atoms with Gasteiger partial charge in [-0.1, -0.05) is 113 Å². The number of H-pyrrole nitrogens is 4. The van der Waals surface area contributed by atoms with Crippen molar-refractivity contribution in [3.63, 3.8) is 0 Å². The Labute approximate surface area is 816 Å². The fourth-order valence-electron chi connectivity index (χ4n) is 12.9. The zero-order valence-electron chi connectivity index (χ0n) is 78.4. The molecule has 1 aliphatic rings. The Bertz CT molecular complexity index is 6270. The van der Waals surface area contributed by atoms with E-state index in [4.69, 9.17) is 42.6 Å². The van der Waals surface area contributed by atoms with E-state index in [1.54, 1.807) is 157 Å². The smallest absolute Gasteiger partial charge is 0.387 e. The summed E-state index contributed by atoms with van der Waals surface area (Å²) < 4.78 is 77.0. The molecule has 9 heterocycles. The van der Waals surface area contributed by atoms with E-state index in [0.717, 1.165) is 164 Å². The lowest BCUT2D eigenvalue weighted by atomic mass is 10.1. The number of alkyl halides is 2. The van der Waals surface area contributed by atoms with Gasteiger partial charge in [-0.15, -0.1) is 47.0 Å². The minimum absolute atomic E-state index is 0.0823. The van der Waals surface area contributed by atoms with E-state index in [9.17, 15) is 8.78 Å². The number of nitrogens with one attached hydrogen (secondary N) is 4. The Hall–Kier alpha value is -11.3. The van der Waals surface area contributed by atoms with Gasteiger partial charge >= 0.3 is 6.61 Å². The number of benzene rings is 8. The van der Waals surface area contributed by atoms with E-state index in [1.165, 1.54) is 54.8 Å². The summed E-state index contributed by atoms with van der Waals surface area (Å²) in [5.74, 6) is 9.38. The fraction of sp³-hybridized carbons (Fsp3) is 0.277. The zero-order valence-corrected chi connectivity index (χ0v) is 84.9. The number of aromatic nitrogens is 12. The Kier molecular flexibility index (Phi) is 43.4. The van der Waals surface area contributed by atoms with Gasteiger partial charge in [-0.05, 0) is 188 Å². The second kappa shape index (κ2) is 55.5. The number of pyridine rings is 4. The van der Waals surface area contributed by atoms with Gasteiger partial charge in [-0.3, -0.25) is 19.9 Å². The van der Waals surface area contributed by atoms with Crippen LogP contribution in [0.4, 0.5) is 14.5 Å². The van der Waals surface area contributed by atoms with E-state index >= 15 is 0 Å². The van der Waals surface area contributed by atoms with Gasteiger partial charge in [0.15, 0.2) is 32.1 Å². The van der Waals surface area contributed by atoms with E-state index in [1.807, 2.05) is 174 Å². The maximum Gasteiger partial charge on any atom is 0.387 e. The number of halogens is 2. The molecule has 8 aromatic carbocycles. The third-order valence-electron chi connectivity index (χ3n) is 20.0. The standard InChI is InChI=1S/C18H21N3O2S.C17H19N3O2S.C17H19N3OS.C16H15F2N3O3S.C10H11NOS.C8H10OS.C8H10S.C7H8S/c1-13-16(19-9-8-17(13)23-11-5-10-22-2)12-24-18-20-14-6-3-4-7-15(14)21-18;1-10-8-18-15(11(2)16(10)22-4)9-23-17-19-13-6-5-12(21-3)7-14(13)20-17;1-4-21-16-11(2)9-18-15(12(16)3)10-22-17-19-13-7-5-6-8-14(13)20-17;1-22-13-5-6-19-12(14(13)23-2)8-25-16-20-10-4-3-9(24-15(17)18)7-11(10)21-16;1-12-8-4-3-7-5-10(13-2)11-9(7)6-8;1-9-7-3-5-8(10-2)6-4-7;1-7-3-5-8(9-2)6-4-7;1-8-7-5-3-2-4-6-7/h3-4,6-9H,5,10-12H2,1-2H3,(H,20,21);5-8H,9H2,1-4H3,(H,19,20);5-9H,4,10H2,1-3H3,(H,19,20);3-7,15H,8H2,1-2H3,(H,20,21);3-4,6H,5H2,1-2H3;3-6H,1-2H3;3-6H,1-2H3;2-6H,1H3. The molecule has 17 rings (SSSR count). The molecule has 1 aliphatic heterocycles. The van der Waals surface area contributed by atoms with Gasteiger partial charge in [0.25, 0.3) is 0 Å². The van der Waals surface area contributed by atoms with Crippen LogP contribution in [0.25, 0.3) is 44.1 Å². The predicted molar refractivity (Wildman–Crippen MR) is 553 cm³/mol. The summed E-state index contributed by atoms with van der Waals surface area (Å²) in [7, 11) is 11.5. The summed E-state index contributed by atoms with van der Waals surface area (Å²) in [5.41, 5.74) is 20.2. The minimum Gasteiger partial charge on any atom is -0.497 e. The number of hydrogen-bond acceptors (Lipinski definition) is 27. The van der Waals surface area contributed by atoms with Crippen molar-refractivity contribution in [2.24, 2.45) is 4.99 Å². The van der Waals surface area contributed by atoms with E-state index < -0.39 is 6.61 Å². The molecule has 704 valence electrons. The molecule has 0 spiro atoms. The number of rotatable bonds is 30. The highest BCUT2D eigenvalue weighted by atomic mass is 32.2. The van der Waals surface area contributed by atoms with Crippen molar-refractivity contribution >= 4 is 149 Å². The van der Waals surface area contributed by atoms with Crippen molar-refractivity contribution in [1.82, 2.24) is 59.8 Å². The van der Waals surface area contributed by atoms with Crippen LogP contribution in [0.3, 0.4) is 0 Å². The van der Waals surface area contributed by atoms with Crippen LogP contribution in [0.2, 0.25) is 0 Å². The van der Waals surface area contributed by atoms with E-state index in [-0.39, 0.29) is 5.75 Å². The summed E-state index contributed by atoms with van der Waals surface area (Å²) in [6, 6.07) is 63.0. The Morgan fingerprint density at radius 1 is 0.381 bits per heavy atom. The van der Waals surface area contributed by atoms with Gasteiger partial charge in [0.2, 0.25) is 0 Å². The molecule has 23 nitrogen and oxygen atoms in total. The van der Waals surface area contributed by atoms with Crippen LogP contribution in [0, 0.1) is 41.5 Å². The highest BCUT2D eigenvalue weighted by Crippen LogP contribution is 2.38. The third-order valence-corrected chi connectivity index (χ3v) is 26.5. The van der Waals surface area contributed by atoms with Crippen molar-refractivity contribution in [3.8, 4) is 51.7 Å². The second-order valence-corrected chi connectivity index (χ2v) is 36.4. The molecule has 33 heteroatoms. The quantitative estimate of drug-likeness (QED) is 0.0241. The number of aliphatic imine (C=N–C) groups is 1. The molecule has 16 aromatic rings. The number of hydrogen-bond donors (Lipinski definition) is 4. The number of nitrogens with zero attached hydrogens (tertiary/aromatic N) is 9. The largest absolute Gasteiger partial charge is 0.497 e. The van der Waals surface area contributed by atoms with Crippen LogP contribution in [-0.2, 0) is 34.2 Å². The summed E-state index contributed by atoms with van der Waals surface area (Å²) in [6.45, 7) is 13.5. The Morgan fingerprint density at radius 2 is 0.821 bits per heavy atom. The van der Waals surface area contributed by atoms with Crippen LogP contribution in [-0.4, -0.2) is 166 Å². The van der Waals surface area contributed by atoms with Crippen LogP contribution >= 0.6 is 94.1 Å². The van der Waals surface area contributed by atoms with E-state index in [2.05, 4.69) is 151 Å². The number of imidazole rings is 4. The second-order valence-electron chi connectivity index (χ2n) is 29.0. The Balaban J connectivity index is 0.000000163. The topological polar surface area (TPSA) is 271 Å². The zero-order chi connectivity index (χ0) is 95.7. The summed E-state index contributed by atoms with van der Waals surface area (Å²) >= 11 is 13.3. The molecular formula is C101H113F2N13O10S8. The lowest BCUT2D eigenvalue weighted by molar-refractivity contribution is -0.0497. The number of para-hydroxylation sites is 4. The van der Waals surface area contributed by atoms with Crippen LogP contribution in [0.15, 0.2) is 259 Å². The minimum atomic E-state index is -2.86. The van der Waals surface area contributed by atoms with Crippen LogP contribution in [0.1, 0.15) is 75.1 Å². The van der Waals surface area contributed by atoms with Crippen molar-refractivity contribution in [1.29, 1.82) is 0 Å². The number of thioether (sulfide) groups is 8. The predicted octanol–water partition coefficient (Wildman–Crippen LogP) is 26.2. The first-order valence-electron chi connectivity index (χ1n) is 42.4. The monoisotopic (exact) mass is 1960 g/mol. The molecule has 0 amide bonds. The number of aromatic amines is 4. The average Bonchev–Trinajstić information content (AvgIpc) is 1.71. The van der Waals surface area contributed by atoms with Crippen LogP contribution in [0.5, 0.6) is 51.7 Å². The van der Waals surface area contributed by atoms with Crippen molar-refractivity contribution in [2.75, 3.05) is 94.6 Å². The maximum atomic E-state index is 12.3. The number of fused-ring (bicyclic) bond motifs is 5. The van der Waals surface area contributed by atoms with Gasteiger partial charge in [-0.2, -0.15) is 8.78 Å². The molecule has 0 radical (unpaired) electrons. The van der Waals surface area contributed by atoms with Gasteiger partial charge in [-0.25, -0.2) is 24.9 Å². The highest BCUT2D eigenvalue weighted by Gasteiger charge is 2.19. The van der Waals surface area contributed by atoms with Gasteiger partial charge in [0.05, 0.1) is 134 Å². The van der Waals surface area contributed by atoms with Crippen molar-refractivity contribution < 1.29 is 56.1 Å². The number of methoxy groups -OCH3 is 7. The molecule has 134 heavy (non-hydrogen) atoms. The molecule has 0 bridgehead atoms. The third kappa shape index (κ3) is 32.0. The van der Waals surface area contributed by atoms with Crippen LogP contribution < -0.4 is 42.6 Å². The molecule has 8 aromatic heterocycles. The first-order chi connectivity index (χ1) is 65.1. The van der Waals surface area contributed by atoms with Crippen molar-refractivity contribution in [3.05, 3.63) is 281 Å². The normalized spacial score (nSPS) is 11.0. The average molecular weight is 1960 g/mol. The van der Waals surface area contributed by atoms with E-state index in [0.29, 0.717) is 59.0 Å². The lowest BCUT2D eigenvalue weighted by Crippen LogP contribution is -2.04.